The molecule has 1 N–H and O–H groups in total. The van der Waals surface area contributed by atoms with Gasteiger partial charge in [0.15, 0.2) is 9.84 Å². The fourth-order valence-corrected chi connectivity index (χ4v) is 4.29. The van der Waals surface area contributed by atoms with E-state index in [4.69, 9.17) is 4.52 Å². The molecule has 4 aromatic rings. The predicted molar refractivity (Wildman–Crippen MR) is 114 cm³/mol. The number of aryl methyl sites for hydroxylation is 1. The van der Waals surface area contributed by atoms with Crippen molar-refractivity contribution < 1.29 is 30.9 Å². The summed E-state index contributed by atoms with van der Waals surface area (Å²) < 4.78 is 70.0. The minimum Gasteiger partial charge on any atom is -0.335 e. The van der Waals surface area contributed by atoms with Gasteiger partial charge in [0.1, 0.15) is 0 Å². The number of fused-ring (bicyclic) bond motifs is 1. The van der Waals surface area contributed by atoms with Gasteiger partial charge >= 0.3 is 6.18 Å². The number of alkyl halides is 3. The Morgan fingerprint density at radius 3 is 2.42 bits per heavy atom. The summed E-state index contributed by atoms with van der Waals surface area (Å²) >= 11 is 0. The quantitative estimate of drug-likeness (QED) is 0.452. The molecule has 11 heteroatoms. The van der Waals surface area contributed by atoms with Crippen LogP contribution in [0.25, 0.3) is 22.4 Å². The second-order valence-electron chi connectivity index (χ2n) is 7.27. The minimum absolute atomic E-state index is 0.0290. The molecule has 2 heterocycles. The van der Waals surface area contributed by atoms with Crippen molar-refractivity contribution in [2.45, 2.75) is 18.0 Å². The van der Waals surface area contributed by atoms with Crippen molar-refractivity contribution in [2.24, 2.45) is 0 Å². The molecular weight excluding hydrogens is 459 g/mol. The molecule has 0 radical (unpaired) electrons. The number of nitrogens with zero attached hydrogens (tertiary/aromatic N) is 2. The third kappa shape index (κ3) is 4.31. The van der Waals surface area contributed by atoms with Crippen molar-refractivity contribution >= 4 is 32.5 Å². The number of rotatable bonds is 4. The van der Waals surface area contributed by atoms with Crippen molar-refractivity contribution in [1.29, 1.82) is 0 Å². The van der Waals surface area contributed by atoms with E-state index >= 15 is 0 Å². The highest BCUT2D eigenvalue weighted by atomic mass is 32.2. The molecule has 7 nitrogen and oxygen atoms in total. The maximum atomic E-state index is 13.6. The van der Waals surface area contributed by atoms with Gasteiger partial charge in [0.05, 0.1) is 38.5 Å². The fraction of sp³-hybridized carbons (Fsp3) is 0.136. The Morgan fingerprint density at radius 1 is 1.06 bits per heavy atom. The molecule has 170 valence electrons. The van der Waals surface area contributed by atoms with E-state index in [0.717, 1.165) is 12.3 Å². The first-order valence-corrected chi connectivity index (χ1v) is 11.4. The SMILES string of the molecule is Cc1noc2nc(-c3ccccc3C(F)(F)F)cc(C(=O)Nc3ccccc3S(C)(=O)=O)c12. The zero-order valence-corrected chi connectivity index (χ0v) is 18.1. The molecule has 4 rings (SSSR count). The van der Waals surface area contributed by atoms with Crippen LogP contribution in [0.5, 0.6) is 0 Å². The highest BCUT2D eigenvalue weighted by molar-refractivity contribution is 7.90. The Labute approximate surface area is 186 Å². The molecule has 0 saturated heterocycles. The summed E-state index contributed by atoms with van der Waals surface area (Å²) in [7, 11) is -3.66. The molecule has 0 fully saturated rings. The van der Waals surface area contributed by atoms with E-state index in [0.29, 0.717) is 5.69 Å². The predicted octanol–water partition coefficient (Wildman–Crippen LogP) is 4.87. The molecular formula is C22H16F3N3O4S. The average molecular weight is 475 g/mol. The average Bonchev–Trinajstić information content (AvgIpc) is 3.13. The Hall–Kier alpha value is -3.73. The zero-order valence-electron chi connectivity index (χ0n) is 17.3. The molecule has 2 aromatic carbocycles. The van der Waals surface area contributed by atoms with Gasteiger partial charge in [-0.1, -0.05) is 35.5 Å². The first-order chi connectivity index (χ1) is 15.5. The van der Waals surface area contributed by atoms with E-state index in [1.807, 2.05) is 0 Å². The number of carbonyl (C=O) groups is 1. The topological polar surface area (TPSA) is 102 Å². The molecule has 0 saturated carbocycles. The van der Waals surface area contributed by atoms with Gasteiger partial charge in [-0.3, -0.25) is 4.79 Å². The number of sulfone groups is 1. The van der Waals surface area contributed by atoms with Gasteiger partial charge in [0, 0.05) is 11.8 Å². The minimum atomic E-state index is -4.65. The van der Waals surface area contributed by atoms with Gasteiger partial charge in [-0.05, 0) is 31.2 Å². The molecule has 0 aliphatic heterocycles. The number of benzene rings is 2. The molecule has 0 unspecified atom stereocenters. The second kappa shape index (κ2) is 8.00. The molecule has 0 aliphatic carbocycles. The number of carbonyl (C=O) groups excluding carboxylic acids is 1. The normalized spacial score (nSPS) is 12.2. The lowest BCUT2D eigenvalue weighted by Crippen LogP contribution is -2.16. The summed E-state index contributed by atoms with van der Waals surface area (Å²) in [5, 5.41) is 6.51. The molecule has 0 spiro atoms. The fourth-order valence-electron chi connectivity index (χ4n) is 3.45. The van der Waals surface area contributed by atoms with Crippen molar-refractivity contribution in [1.82, 2.24) is 10.1 Å². The van der Waals surface area contributed by atoms with Gasteiger partial charge in [-0.2, -0.15) is 13.2 Å². The van der Waals surface area contributed by atoms with Crippen LogP contribution in [0.15, 0.2) is 64.0 Å². The standard InChI is InChI=1S/C22H16F3N3O4S/c1-12-19-14(20(29)26-16-9-5-6-10-18(16)33(2,30)31)11-17(27-21(19)32-28-12)13-7-3-4-8-15(13)22(23,24)25/h3-11H,1-2H3,(H,26,29). The number of amides is 1. The highest BCUT2D eigenvalue weighted by Crippen LogP contribution is 2.37. The number of hydrogen-bond donors (Lipinski definition) is 1. The van der Waals surface area contributed by atoms with Gasteiger partial charge in [-0.25, -0.2) is 13.4 Å². The summed E-state index contributed by atoms with van der Waals surface area (Å²) in [5.74, 6) is -0.754. The molecule has 33 heavy (non-hydrogen) atoms. The van der Waals surface area contributed by atoms with Gasteiger partial charge in [0.2, 0.25) is 0 Å². The van der Waals surface area contributed by atoms with Crippen LogP contribution in [0.2, 0.25) is 0 Å². The monoisotopic (exact) mass is 475 g/mol. The van der Waals surface area contributed by atoms with Gasteiger partial charge < -0.3 is 9.84 Å². The Morgan fingerprint density at radius 2 is 1.73 bits per heavy atom. The van der Waals surface area contributed by atoms with Crippen LogP contribution in [0.1, 0.15) is 21.6 Å². The van der Waals surface area contributed by atoms with E-state index in [2.05, 4.69) is 15.5 Å². The molecule has 0 atom stereocenters. The lowest BCUT2D eigenvalue weighted by atomic mass is 10.0. The Bertz CT molecular complexity index is 1490. The smallest absolute Gasteiger partial charge is 0.335 e. The van der Waals surface area contributed by atoms with Gasteiger partial charge in [0.25, 0.3) is 11.6 Å². The largest absolute Gasteiger partial charge is 0.417 e. The summed E-state index contributed by atoms with van der Waals surface area (Å²) in [6.07, 6.45) is -3.65. The molecule has 0 aliphatic rings. The summed E-state index contributed by atoms with van der Waals surface area (Å²) in [4.78, 5) is 17.2. The number of anilines is 1. The third-order valence-corrected chi connectivity index (χ3v) is 6.06. The Kier molecular flexibility index (Phi) is 5.44. The van der Waals surface area contributed by atoms with E-state index < -0.39 is 27.5 Å². The summed E-state index contributed by atoms with van der Waals surface area (Å²) in [6, 6.07) is 11.8. The summed E-state index contributed by atoms with van der Waals surface area (Å²) in [5.41, 5.74) is -1.17. The maximum absolute atomic E-state index is 13.6. The van der Waals surface area contributed by atoms with Crippen molar-refractivity contribution in [2.75, 3.05) is 11.6 Å². The number of pyridine rings is 1. The first kappa shape index (κ1) is 22.5. The lowest BCUT2D eigenvalue weighted by molar-refractivity contribution is -0.137. The van der Waals surface area contributed by atoms with Gasteiger partial charge in [-0.15, -0.1) is 0 Å². The Balaban J connectivity index is 1.88. The van der Waals surface area contributed by atoms with Crippen LogP contribution in [0.3, 0.4) is 0 Å². The van der Waals surface area contributed by atoms with Crippen LogP contribution >= 0.6 is 0 Å². The maximum Gasteiger partial charge on any atom is 0.417 e. The van der Waals surface area contributed by atoms with Crippen molar-refractivity contribution in [3.05, 3.63) is 71.4 Å². The van der Waals surface area contributed by atoms with Crippen LogP contribution in [0, 0.1) is 6.92 Å². The van der Waals surface area contributed by atoms with E-state index in [-0.39, 0.29) is 38.5 Å². The van der Waals surface area contributed by atoms with Crippen molar-refractivity contribution in [3.8, 4) is 11.3 Å². The first-order valence-electron chi connectivity index (χ1n) is 9.51. The molecule has 0 bridgehead atoms. The number of aromatic nitrogens is 2. The molecule has 2 aromatic heterocycles. The van der Waals surface area contributed by atoms with Crippen LogP contribution in [0.4, 0.5) is 18.9 Å². The second-order valence-corrected chi connectivity index (χ2v) is 9.25. The third-order valence-electron chi connectivity index (χ3n) is 4.90. The summed E-state index contributed by atoms with van der Waals surface area (Å²) in [6.45, 7) is 1.55. The van der Waals surface area contributed by atoms with E-state index in [9.17, 15) is 26.4 Å². The zero-order chi connectivity index (χ0) is 24.0. The number of hydrogen-bond acceptors (Lipinski definition) is 6. The number of halogens is 3. The number of nitrogens with one attached hydrogen (secondary N) is 1. The van der Waals surface area contributed by atoms with Crippen molar-refractivity contribution in [3.63, 3.8) is 0 Å². The van der Waals surface area contributed by atoms with Crippen LogP contribution < -0.4 is 5.32 Å². The molecule has 1 amide bonds. The van der Waals surface area contributed by atoms with Crippen LogP contribution in [-0.4, -0.2) is 30.7 Å². The highest BCUT2D eigenvalue weighted by Gasteiger charge is 2.34. The number of para-hydroxylation sites is 1. The van der Waals surface area contributed by atoms with E-state index in [1.165, 1.54) is 42.5 Å². The lowest BCUT2D eigenvalue weighted by Gasteiger charge is -2.14. The van der Waals surface area contributed by atoms with E-state index in [1.54, 1.807) is 13.0 Å². The van der Waals surface area contributed by atoms with Crippen LogP contribution in [-0.2, 0) is 16.0 Å².